The summed E-state index contributed by atoms with van der Waals surface area (Å²) in [6.07, 6.45) is 2.98. The van der Waals surface area contributed by atoms with E-state index < -0.39 is 0 Å². The number of rotatable bonds is 6. The van der Waals surface area contributed by atoms with E-state index in [-0.39, 0.29) is 12.4 Å². The molecule has 1 aromatic heterocycles. The Hall–Kier alpha value is -0.810. The zero-order valence-corrected chi connectivity index (χ0v) is 8.09. The first kappa shape index (κ1) is 10.3. The van der Waals surface area contributed by atoms with Crippen molar-refractivity contribution in [3.05, 3.63) is 11.1 Å². The third kappa shape index (κ3) is 3.61. The highest BCUT2D eigenvalue weighted by Gasteiger charge is 2.07. The number of unbranched alkanes of at least 4 members (excludes halogenated alkanes) is 2. The van der Waals surface area contributed by atoms with Gasteiger partial charge in [-0.25, -0.2) is 0 Å². The van der Waals surface area contributed by atoms with Gasteiger partial charge in [0.2, 0.25) is 0 Å². The van der Waals surface area contributed by atoms with Gasteiger partial charge in [0.25, 0.3) is 0 Å². The molecule has 0 aliphatic heterocycles. The lowest BCUT2D eigenvalue weighted by Gasteiger charge is -1.95. The second-order valence-corrected chi connectivity index (χ2v) is 3.36. The van der Waals surface area contributed by atoms with Crippen LogP contribution in [-0.4, -0.2) is 27.1 Å². The zero-order chi connectivity index (χ0) is 9.52. The van der Waals surface area contributed by atoms with E-state index in [2.05, 4.69) is 9.59 Å². The van der Waals surface area contributed by atoms with E-state index in [9.17, 15) is 4.79 Å². The number of aliphatic hydroxyl groups excluding tert-OH is 1. The maximum Gasteiger partial charge on any atom is 0.183 e. The largest absolute Gasteiger partial charge is 0.396 e. The van der Waals surface area contributed by atoms with E-state index in [0.717, 1.165) is 19.3 Å². The van der Waals surface area contributed by atoms with Crippen LogP contribution in [0.5, 0.6) is 0 Å². The Morgan fingerprint density at radius 3 is 2.92 bits per heavy atom. The Morgan fingerprint density at radius 1 is 1.46 bits per heavy atom. The van der Waals surface area contributed by atoms with Gasteiger partial charge in [0.1, 0.15) is 5.69 Å². The molecule has 4 nitrogen and oxygen atoms in total. The average molecular weight is 200 g/mol. The number of aliphatic hydroxyl groups is 1. The van der Waals surface area contributed by atoms with Crippen LogP contribution >= 0.6 is 11.5 Å². The smallest absolute Gasteiger partial charge is 0.183 e. The first-order chi connectivity index (χ1) is 6.34. The van der Waals surface area contributed by atoms with Gasteiger partial charge in [-0.15, -0.1) is 5.10 Å². The number of ketones is 1. The highest BCUT2D eigenvalue weighted by atomic mass is 32.1. The van der Waals surface area contributed by atoms with Crippen molar-refractivity contribution in [3.63, 3.8) is 0 Å². The molecule has 5 heteroatoms. The summed E-state index contributed by atoms with van der Waals surface area (Å²) in [6.45, 7) is 0.201. The van der Waals surface area contributed by atoms with Crippen LogP contribution in [-0.2, 0) is 0 Å². The quantitative estimate of drug-likeness (QED) is 0.555. The summed E-state index contributed by atoms with van der Waals surface area (Å²) in [6, 6.07) is 0. The van der Waals surface area contributed by atoms with Crippen molar-refractivity contribution in [1.29, 1.82) is 0 Å². The molecule has 0 amide bonds. The predicted molar refractivity (Wildman–Crippen MR) is 49.8 cm³/mol. The molecule has 0 aliphatic carbocycles. The molecule has 13 heavy (non-hydrogen) atoms. The lowest BCUT2D eigenvalue weighted by molar-refractivity contribution is 0.0973. The summed E-state index contributed by atoms with van der Waals surface area (Å²) in [7, 11) is 0. The number of nitrogens with zero attached hydrogens (tertiary/aromatic N) is 2. The van der Waals surface area contributed by atoms with Crippen molar-refractivity contribution in [3.8, 4) is 0 Å². The lowest BCUT2D eigenvalue weighted by atomic mass is 10.1. The van der Waals surface area contributed by atoms with Crippen molar-refractivity contribution in [2.24, 2.45) is 0 Å². The normalized spacial score (nSPS) is 10.2. The number of hydrogen-bond acceptors (Lipinski definition) is 5. The van der Waals surface area contributed by atoms with Crippen LogP contribution < -0.4 is 0 Å². The predicted octanol–water partition coefficient (Wildman–Crippen LogP) is 1.27. The van der Waals surface area contributed by atoms with E-state index >= 15 is 0 Å². The van der Waals surface area contributed by atoms with E-state index in [0.29, 0.717) is 12.1 Å². The van der Waals surface area contributed by atoms with Crippen LogP contribution in [0.2, 0.25) is 0 Å². The molecule has 0 atom stereocenters. The Kier molecular flexibility index (Phi) is 4.56. The minimum absolute atomic E-state index is 0.0479. The fourth-order valence-electron chi connectivity index (χ4n) is 0.988. The van der Waals surface area contributed by atoms with Crippen molar-refractivity contribution >= 4 is 17.3 Å². The number of carbonyl (C=O) groups excluding carboxylic acids is 1. The van der Waals surface area contributed by atoms with Gasteiger partial charge >= 0.3 is 0 Å². The molecule has 0 bridgehead atoms. The standard InChI is InChI=1S/C8H12N2O2S/c11-5-3-1-2-4-8(12)7-6-13-10-9-7/h6,11H,1-5H2. The molecule has 1 aromatic rings. The fraction of sp³-hybridized carbons (Fsp3) is 0.625. The van der Waals surface area contributed by atoms with Crippen molar-refractivity contribution < 1.29 is 9.90 Å². The van der Waals surface area contributed by atoms with Crippen LogP contribution in [0.15, 0.2) is 5.38 Å². The van der Waals surface area contributed by atoms with Gasteiger partial charge in [0, 0.05) is 18.4 Å². The molecule has 1 N–H and O–H groups in total. The van der Waals surface area contributed by atoms with Crippen molar-refractivity contribution in [1.82, 2.24) is 9.59 Å². The maximum absolute atomic E-state index is 11.3. The highest BCUT2D eigenvalue weighted by Crippen LogP contribution is 2.06. The Labute approximate surface area is 80.8 Å². The molecule has 0 spiro atoms. The summed E-state index contributed by atoms with van der Waals surface area (Å²) in [5.74, 6) is 0.0479. The van der Waals surface area contributed by atoms with Crippen LogP contribution in [0.4, 0.5) is 0 Å². The molecule has 0 saturated carbocycles. The number of carbonyl (C=O) groups is 1. The maximum atomic E-state index is 11.3. The first-order valence-corrected chi connectivity index (χ1v) is 5.09. The summed E-state index contributed by atoms with van der Waals surface area (Å²) in [4.78, 5) is 11.3. The van der Waals surface area contributed by atoms with Crippen LogP contribution in [0.25, 0.3) is 0 Å². The van der Waals surface area contributed by atoms with E-state index in [4.69, 9.17) is 5.11 Å². The van der Waals surface area contributed by atoms with Gasteiger partial charge in [0.05, 0.1) is 0 Å². The number of aromatic nitrogens is 2. The lowest BCUT2D eigenvalue weighted by Crippen LogP contribution is -1.99. The van der Waals surface area contributed by atoms with Gasteiger partial charge in [0.15, 0.2) is 5.78 Å². The van der Waals surface area contributed by atoms with E-state index in [1.807, 2.05) is 0 Å². The molecule has 0 aliphatic rings. The van der Waals surface area contributed by atoms with Gasteiger partial charge in [-0.1, -0.05) is 10.9 Å². The topological polar surface area (TPSA) is 63.1 Å². The number of Topliss-reactive ketones (excluding diaryl/α,β-unsaturated/α-hetero) is 1. The molecule has 0 unspecified atom stereocenters. The van der Waals surface area contributed by atoms with Crippen LogP contribution in [0, 0.1) is 0 Å². The highest BCUT2D eigenvalue weighted by molar-refractivity contribution is 7.03. The molecule has 72 valence electrons. The van der Waals surface area contributed by atoms with Crippen molar-refractivity contribution in [2.75, 3.05) is 6.61 Å². The second kappa shape index (κ2) is 5.77. The van der Waals surface area contributed by atoms with E-state index in [1.165, 1.54) is 11.5 Å². The minimum Gasteiger partial charge on any atom is -0.396 e. The fourth-order valence-corrected chi connectivity index (χ4v) is 1.45. The molecule has 0 aromatic carbocycles. The Balaban J connectivity index is 2.19. The summed E-state index contributed by atoms with van der Waals surface area (Å²) < 4.78 is 3.62. The van der Waals surface area contributed by atoms with Crippen LogP contribution in [0.3, 0.4) is 0 Å². The van der Waals surface area contributed by atoms with Gasteiger partial charge in [-0.05, 0) is 24.4 Å². The third-order valence-corrected chi connectivity index (χ3v) is 2.21. The molecule has 1 rings (SSSR count). The Bertz CT molecular complexity index is 249. The minimum atomic E-state index is 0.0479. The molecule has 0 radical (unpaired) electrons. The molecular weight excluding hydrogens is 188 g/mol. The van der Waals surface area contributed by atoms with Crippen molar-refractivity contribution in [2.45, 2.75) is 25.7 Å². The number of hydrogen-bond donors (Lipinski definition) is 1. The Morgan fingerprint density at radius 2 is 2.31 bits per heavy atom. The summed E-state index contributed by atoms with van der Waals surface area (Å²) in [5, 5.41) is 13.9. The molecule has 0 fully saturated rings. The van der Waals surface area contributed by atoms with Gasteiger partial charge < -0.3 is 5.11 Å². The van der Waals surface area contributed by atoms with E-state index in [1.54, 1.807) is 5.38 Å². The second-order valence-electron chi connectivity index (χ2n) is 2.75. The summed E-state index contributed by atoms with van der Waals surface area (Å²) in [5.41, 5.74) is 0.467. The first-order valence-electron chi connectivity index (χ1n) is 4.25. The monoisotopic (exact) mass is 200 g/mol. The molecule has 0 saturated heterocycles. The SMILES string of the molecule is O=C(CCCCCO)c1csnn1. The van der Waals surface area contributed by atoms with Gasteiger partial charge in [-0.2, -0.15) is 0 Å². The zero-order valence-electron chi connectivity index (χ0n) is 7.27. The average Bonchev–Trinajstić information content (AvgIpc) is 2.65. The third-order valence-electron chi connectivity index (χ3n) is 1.71. The summed E-state index contributed by atoms with van der Waals surface area (Å²) >= 11 is 1.19. The molecular formula is C8H12N2O2S. The molecule has 1 heterocycles. The van der Waals surface area contributed by atoms with Crippen LogP contribution in [0.1, 0.15) is 36.2 Å². The van der Waals surface area contributed by atoms with Gasteiger partial charge in [-0.3, -0.25) is 4.79 Å².